The third-order valence-electron chi connectivity index (χ3n) is 4.88. The largest absolute Gasteiger partial charge is 0.385 e. The van der Waals surface area contributed by atoms with Gasteiger partial charge in [-0.25, -0.2) is 4.98 Å². The lowest BCUT2D eigenvalue weighted by molar-refractivity contribution is -0.119. The van der Waals surface area contributed by atoms with Crippen molar-refractivity contribution < 1.29 is 9.90 Å². The Morgan fingerprint density at radius 3 is 2.33 bits per heavy atom. The number of para-hydroxylation sites is 1. The van der Waals surface area contributed by atoms with E-state index in [0.717, 1.165) is 27.8 Å². The number of aliphatic hydroxyl groups excluding tert-OH is 1. The van der Waals surface area contributed by atoms with Crippen LogP contribution < -0.4 is 4.90 Å². The minimum atomic E-state index is -0.755. The van der Waals surface area contributed by atoms with Gasteiger partial charge in [-0.15, -0.1) is 0 Å². The molecule has 0 spiro atoms. The summed E-state index contributed by atoms with van der Waals surface area (Å²) in [6, 6.07) is 13.7. The van der Waals surface area contributed by atoms with Crippen LogP contribution >= 0.6 is 0 Å². The van der Waals surface area contributed by atoms with Gasteiger partial charge in [0.25, 0.3) is 0 Å². The predicted octanol–water partition coefficient (Wildman–Crippen LogP) is 4.15. The van der Waals surface area contributed by atoms with E-state index in [2.05, 4.69) is 4.98 Å². The standard InChI is InChI=1S/C22H27N3O2/c1-14(2)25(18-9-7-6-8-10-18)21(27)13-24-20-12-16(4)15(3)11-19(20)23-22(24)17(5)26/h6-12,14,17,26H,13H2,1-5H3. The second-order valence-electron chi connectivity index (χ2n) is 7.35. The molecule has 0 aliphatic rings. The lowest BCUT2D eigenvalue weighted by Crippen LogP contribution is -2.39. The van der Waals surface area contributed by atoms with Gasteiger partial charge in [-0.2, -0.15) is 0 Å². The van der Waals surface area contributed by atoms with E-state index in [-0.39, 0.29) is 18.5 Å². The first-order valence-corrected chi connectivity index (χ1v) is 9.32. The zero-order valence-electron chi connectivity index (χ0n) is 16.6. The normalized spacial score (nSPS) is 12.6. The number of nitrogens with zero attached hydrogens (tertiary/aromatic N) is 3. The van der Waals surface area contributed by atoms with E-state index < -0.39 is 6.10 Å². The summed E-state index contributed by atoms with van der Waals surface area (Å²) in [7, 11) is 0. The Morgan fingerprint density at radius 1 is 1.11 bits per heavy atom. The van der Waals surface area contributed by atoms with Crippen molar-refractivity contribution in [1.29, 1.82) is 0 Å². The van der Waals surface area contributed by atoms with Gasteiger partial charge < -0.3 is 14.6 Å². The number of anilines is 1. The molecular weight excluding hydrogens is 338 g/mol. The van der Waals surface area contributed by atoms with E-state index in [4.69, 9.17) is 0 Å². The Balaban J connectivity index is 2.05. The Kier molecular flexibility index (Phi) is 5.33. The van der Waals surface area contributed by atoms with E-state index in [9.17, 15) is 9.90 Å². The molecule has 1 aromatic heterocycles. The number of aryl methyl sites for hydroxylation is 2. The number of hydrogen-bond donors (Lipinski definition) is 1. The maximum absolute atomic E-state index is 13.2. The highest BCUT2D eigenvalue weighted by Crippen LogP contribution is 2.25. The fourth-order valence-electron chi connectivity index (χ4n) is 3.41. The van der Waals surface area contributed by atoms with Crippen molar-refractivity contribution in [1.82, 2.24) is 9.55 Å². The maximum Gasteiger partial charge on any atom is 0.247 e. The number of aliphatic hydroxyl groups is 1. The van der Waals surface area contributed by atoms with Crippen molar-refractivity contribution in [3.63, 3.8) is 0 Å². The topological polar surface area (TPSA) is 58.4 Å². The third-order valence-corrected chi connectivity index (χ3v) is 4.88. The molecule has 27 heavy (non-hydrogen) atoms. The van der Waals surface area contributed by atoms with Crippen molar-refractivity contribution in [3.8, 4) is 0 Å². The quantitative estimate of drug-likeness (QED) is 0.739. The number of benzene rings is 2. The Labute approximate surface area is 160 Å². The van der Waals surface area contributed by atoms with Gasteiger partial charge in [-0.1, -0.05) is 18.2 Å². The molecule has 0 aliphatic carbocycles. The van der Waals surface area contributed by atoms with E-state index in [1.807, 2.05) is 74.7 Å². The van der Waals surface area contributed by atoms with Crippen LogP contribution in [0.15, 0.2) is 42.5 Å². The molecule has 2 aromatic carbocycles. The fourth-order valence-corrected chi connectivity index (χ4v) is 3.41. The SMILES string of the molecule is Cc1cc2nc(C(C)O)n(CC(=O)N(c3ccccc3)C(C)C)c2cc1C. The van der Waals surface area contributed by atoms with Gasteiger partial charge in [0.2, 0.25) is 5.91 Å². The first-order chi connectivity index (χ1) is 12.8. The number of carbonyl (C=O) groups is 1. The van der Waals surface area contributed by atoms with E-state index >= 15 is 0 Å². The maximum atomic E-state index is 13.2. The van der Waals surface area contributed by atoms with Gasteiger partial charge in [0, 0.05) is 11.7 Å². The van der Waals surface area contributed by atoms with E-state index in [1.54, 1.807) is 11.8 Å². The molecule has 1 unspecified atom stereocenters. The molecule has 3 rings (SSSR count). The number of aromatic nitrogens is 2. The molecule has 1 heterocycles. The summed E-state index contributed by atoms with van der Waals surface area (Å²) in [5.74, 6) is 0.482. The van der Waals surface area contributed by atoms with Gasteiger partial charge >= 0.3 is 0 Å². The second-order valence-corrected chi connectivity index (χ2v) is 7.35. The smallest absolute Gasteiger partial charge is 0.247 e. The highest BCUT2D eigenvalue weighted by atomic mass is 16.3. The number of hydrogen-bond acceptors (Lipinski definition) is 3. The Hall–Kier alpha value is -2.66. The molecule has 0 radical (unpaired) electrons. The molecule has 5 heteroatoms. The monoisotopic (exact) mass is 365 g/mol. The first-order valence-electron chi connectivity index (χ1n) is 9.32. The first kappa shape index (κ1) is 19.1. The van der Waals surface area contributed by atoms with Crippen LogP contribution in [0.3, 0.4) is 0 Å². The van der Waals surface area contributed by atoms with Gasteiger partial charge in [0.15, 0.2) is 0 Å². The van der Waals surface area contributed by atoms with Crippen LogP contribution in [-0.2, 0) is 11.3 Å². The van der Waals surface area contributed by atoms with Crippen LogP contribution in [0.4, 0.5) is 5.69 Å². The fraction of sp³-hybridized carbons (Fsp3) is 0.364. The van der Waals surface area contributed by atoms with Crippen LogP contribution in [-0.4, -0.2) is 26.6 Å². The third kappa shape index (κ3) is 3.74. The van der Waals surface area contributed by atoms with Crippen molar-refractivity contribution >= 4 is 22.6 Å². The zero-order chi connectivity index (χ0) is 19.7. The molecule has 1 N–H and O–H groups in total. The lowest BCUT2D eigenvalue weighted by atomic mass is 10.1. The summed E-state index contributed by atoms with van der Waals surface area (Å²) < 4.78 is 1.84. The highest BCUT2D eigenvalue weighted by molar-refractivity contribution is 5.94. The molecule has 142 valence electrons. The summed E-state index contributed by atoms with van der Waals surface area (Å²) in [6.45, 7) is 9.89. The molecule has 0 bridgehead atoms. The summed E-state index contributed by atoms with van der Waals surface area (Å²) in [5, 5.41) is 10.2. The van der Waals surface area contributed by atoms with Crippen molar-refractivity contribution in [2.24, 2.45) is 0 Å². The Bertz CT molecular complexity index is 959. The van der Waals surface area contributed by atoms with Gasteiger partial charge in [0.05, 0.1) is 11.0 Å². The van der Waals surface area contributed by atoms with E-state index in [1.165, 1.54) is 0 Å². The van der Waals surface area contributed by atoms with Gasteiger partial charge in [-0.3, -0.25) is 4.79 Å². The lowest BCUT2D eigenvalue weighted by Gasteiger charge is -2.27. The van der Waals surface area contributed by atoms with Crippen LogP contribution in [0.1, 0.15) is 43.8 Å². The summed E-state index contributed by atoms with van der Waals surface area (Å²) in [4.78, 5) is 19.6. The minimum Gasteiger partial charge on any atom is -0.385 e. The molecule has 5 nitrogen and oxygen atoms in total. The average Bonchev–Trinajstić information content (AvgIpc) is 2.94. The molecule has 0 fully saturated rings. The molecule has 0 aliphatic heterocycles. The van der Waals surface area contributed by atoms with Gasteiger partial charge in [-0.05, 0) is 70.0 Å². The number of carbonyl (C=O) groups excluding carboxylic acids is 1. The number of imidazole rings is 1. The summed E-state index contributed by atoms with van der Waals surface area (Å²) >= 11 is 0. The zero-order valence-corrected chi connectivity index (χ0v) is 16.6. The van der Waals surface area contributed by atoms with Gasteiger partial charge in [0.1, 0.15) is 18.5 Å². The van der Waals surface area contributed by atoms with Crippen molar-refractivity contribution in [2.45, 2.75) is 53.3 Å². The molecular formula is C22H27N3O2. The molecule has 0 saturated carbocycles. The predicted molar refractivity (Wildman–Crippen MR) is 109 cm³/mol. The molecule has 0 saturated heterocycles. The van der Waals surface area contributed by atoms with Crippen LogP contribution in [0.2, 0.25) is 0 Å². The van der Waals surface area contributed by atoms with Crippen LogP contribution in [0.5, 0.6) is 0 Å². The average molecular weight is 365 g/mol. The van der Waals surface area contributed by atoms with Crippen LogP contribution in [0.25, 0.3) is 11.0 Å². The molecule has 1 amide bonds. The van der Waals surface area contributed by atoms with E-state index in [0.29, 0.717) is 5.82 Å². The van der Waals surface area contributed by atoms with Crippen molar-refractivity contribution in [2.75, 3.05) is 4.90 Å². The second kappa shape index (κ2) is 7.53. The van der Waals surface area contributed by atoms with Crippen LogP contribution in [0, 0.1) is 13.8 Å². The molecule has 3 aromatic rings. The molecule has 1 atom stereocenters. The number of fused-ring (bicyclic) bond motifs is 1. The Morgan fingerprint density at radius 2 is 1.74 bits per heavy atom. The highest BCUT2D eigenvalue weighted by Gasteiger charge is 2.23. The summed E-state index contributed by atoms with van der Waals surface area (Å²) in [5.41, 5.74) is 4.82. The number of amides is 1. The summed E-state index contributed by atoms with van der Waals surface area (Å²) in [6.07, 6.45) is -0.755. The minimum absolute atomic E-state index is 0.0219. The van der Waals surface area contributed by atoms with Crippen molar-refractivity contribution in [3.05, 3.63) is 59.4 Å². The number of rotatable bonds is 5.